The van der Waals surface area contributed by atoms with Gasteiger partial charge in [0.1, 0.15) is 11.4 Å². The highest BCUT2D eigenvalue weighted by atomic mass is 35.5. The quantitative estimate of drug-likeness (QED) is 0.587. The van der Waals surface area contributed by atoms with Gasteiger partial charge in [-0.1, -0.05) is 66.2 Å². The van der Waals surface area contributed by atoms with Crippen LogP contribution in [0, 0.1) is 0 Å². The van der Waals surface area contributed by atoms with E-state index >= 15 is 0 Å². The van der Waals surface area contributed by atoms with E-state index in [0.717, 1.165) is 5.56 Å². The van der Waals surface area contributed by atoms with Crippen molar-refractivity contribution in [3.05, 3.63) is 101 Å². The number of carbonyl (C=O) groups is 2. The fraction of sp³-hybridized carbons (Fsp3) is 0.0833. The maximum absolute atomic E-state index is 13.3. The van der Waals surface area contributed by atoms with Crippen LogP contribution in [-0.2, 0) is 16.1 Å². The number of imide groups is 1. The predicted octanol–water partition coefficient (Wildman–Crippen LogP) is 4.74. The number of carbonyl (C=O) groups excluding carboxylic acids is 2. The number of para-hydroxylation sites is 2. The van der Waals surface area contributed by atoms with E-state index in [0.29, 0.717) is 27.6 Å². The van der Waals surface area contributed by atoms with Crippen LogP contribution in [0.4, 0.5) is 5.69 Å². The zero-order valence-corrected chi connectivity index (χ0v) is 17.0. The molecule has 1 N–H and O–H groups in total. The Bertz CT molecular complexity index is 1120. The van der Waals surface area contributed by atoms with Crippen molar-refractivity contribution in [3.63, 3.8) is 0 Å². The summed E-state index contributed by atoms with van der Waals surface area (Å²) in [6.45, 7) is 0.155. The molecule has 3 aromatic rings. The lowest BCUT2D eigenvalue weighted by atomic mass is 10.0. The van der Waals surface area contributed by atoms with Crippen molar-refractivity contribution >= 4 is 34.7 Å². The highest BCUT2D eigenvalue weighted by Crippen LogP contribution is 2.33. The highest BCUT2D eigenvalue weighted by Gasteiger charge is 2.39. The fourth-order valence-corrected chi connectivity index (χ4v) is 3.49. The first-order chi connectivity index (χ1) is 14.6. The van der Waals surface area contributed by atoms with Crippen LogP contribution in [0.1, 0.15) is 11.1 Å². The first-order valence-electron chi connectivity index (χ1n) is 9.39. The highest BCUT2D eigenvalue weighted by molar-refractivity contribution is 6.36. The number of anilines is 1. The number of hydrogen-bond acceptors (Lipinski definition) is 4. The molecule has 1 aliphatic heterocycles. The molecule has 0 unspecified atom stereocenters. The molecule has 0 fully saturated rings. The van der Waals surface area contributed by atoms with Gasteiger partial charge in [0.05, 0.1) is 24.9 Å². The van der Waals surface area contributed by atoms with Crippen LogP contribution in [0.25, 0.3) is 5.57 Å². The van der Waals surface area contributed by atoms with Gasteiger partial charge in [0.15, 0.2) is 0 Å². The van der Waals surface area contributed by atoms with E-state index in [1.54, 1.807) is 43.5 Å². The summed E-state index contributed by atoms with van der Waals surface area (Å²) in [5, 5.41) is 3.73. The van der Waals surface area contributed by atoms with Gasteiger partial charge in [-0.2, -0.15) is 0 Å². The topological polar surface area (TPSA) is 58.6 Å². The second kappa shape index (κ2) is 8.43. The van der Waals surface area contributed by atoms with Crippen molar-refractivity contribution < 1.29 is 14.3 Å². The molecule has 0 bridgehead atoms. The zero-order valence-electron chi connectivity index (χ0n) is 16.3. The molecule has 1 heterocycles. The molecule has 0 aliphatic carbocycles. The largest absolute Gasteiger partial charge is 0.495 e. The van der Waals surface area contributed by atoms with Gasteiger partial charge in [-0.15, -0.1) is 0 Å². The molecule has 3 aromatic carbocycles. The van der Waals surface area contributed by atoms with Crippen molar-refractivity contribution in [3.8, 4) is 5.75 Å². The first-order valence-corrected chi connectivity index (χ1v) is 9.76. The summed E-state index contributed by atoms with van der Waals surface area (Å²) in [6.07, 6.45) is 0. The molecule has 30 heavy (non-hydrogen) atoms. The van der Waals surface area contributed by atoms with E-state index in [2.05, 4.69) is 5.32 Å². The standard InChI is InChI=1S/C24H19ClN2O3/c1-30-20-10-6-5-9-19(20)26-22-21(17-7-3-2-4-8-17)23(28)27(24(22)29)15-16-11-13-18(25)14-12-16/h2-14,26H,15H2,1H3. The third kappa shape index (κ3) is 3.80. The van der Waals surface area contributed by atoms with Gasteiger partial charge in [-0.05, 0) is 35.4 Å². The van der Waals surface area contributed by atoms with Crippen molar-refractivity contribution in [2.24, 2.45) is 0 Å². The number of halogens is 1. The van der Waals surface area contributed by atoms with E-state index in [9.17, 15) is 9.59 Å². The lowest BCUT2D eigenvalue weighted by Gasteiger charge is -2.16. The zero-order chi connectivity index (χ0) is 21.1. The van der Waals surface area contributed by atoms with Gasteiger partial charge in [0.2, 0.25) is 0 Å². The first kappa shape index (κ1) is 19.7. The Morgan fingerprint density at radius 2 is 1.53 bits per heavy atom. The van der Waals surface area contributed by atoms with Crippen molar-refractivity contribution in [1.29, 1.82) is 0 Å². The van der Waals surface area contributed by atoms with Crippen LogP contribution in [0.15, 0.2) is 84.6 Å². The average molecular weight is 419 g/mol. The van der Waals surface area contributed by atoms with E-state index < -0.39 is 0 Å². The molecule has 0 radical (unpaired) electrons. The Morgan fingerprint density at radius 3 is 2.23 bits per heavy atom. The van der Waals surface area contributed by atoms with Gasteiger partial charge in [-0.3, -0.25) is 14.5 Å². The normalized spacial score (nSPS) is 13.7. The minimum atomic E-state index is -0.389. The molecular formula is C24H19ClN2O3. The SMILES string of the molecule is COc1ccccc1NC1=C(c2ccccc2)C(=O)N(Cc2ccc(Cl)cc2)C1=O. The number of nitrogens with one attached hydrogen (secondary N) is 1. The summed E-state index contributed by atoms with van der Waals surface area (Å²) >= 11 is 5.95. The van der Waals surface area contributed by atoms with Crippen LogP contribution >= 0.6 is 11.6 Å². The Kier molecular flexibility index (Phi) is 5.55. The lowest BCUT2D eigenvalue weighted by molar-refractivity contribution is -0.137. The molecule has 0 atom stereocenters. The molecule has 0 spiro atoms. The Morgan fingerprint density at radius 1 is 0.867 bits per heavy atom. The Balaban J connectivity index is 1.74. The van der Waals surface area contributed by atoms with Gasteiger partial charge >= 0.3 is 0 Å². The van der Waals surface area contributed by atoms with E-state index in [-0.39, 0.29) is 24.1 Å². The third-order valence-electron chi connectivity index (χ3n) is 4.85. The predicted molar refractivity (Wildman–Crippen MR) is 117 cm³/mol. The molecule has 0 saturated carbocycles. The average Bonchev–Trinajstić information content (AvgIpc) is 3.00. The fourth-order valence-electron chi connectivity index (χ4n) is 3.36. The molecule has 0 saturated heterocycles. The van der Waals surface area contributed by atoms with Gasteiger partial charge in [-0.25, -0.2) is 0 Å². The van der Waals surface area contributed by atoms with E-state index in [1.807, 2.05) is 42.5 Å². The summed E-state index contributed by atoms with van der Waals surface area (Å²) in [6, 6.07) is 23.5. The molecular weight excluding hydrogens is 400 g/mol. The monoisotopic (exact) mass is 418 g/mol. The minimum absolute atomic E-state index is 0.155. The van der Waals surface area contributed by atoms with Crippen LogP contribution in [0.3, 0.4) is 0 Å². The third-order valence-corrected chi connectivity index (χ3v) is 5.10. The number of rotatable bonds is 6. The van der Waals surface area contributed by atoms with E-state index in [4.69, 9.17) is 16.3 Å². The molecule has 0 aromatic heterocycles. The second-order valence-corrected chi connectivity index (χ2v) is 7.20. The molecule has 1 aliphatic rings. The molecule has 6 heteroatoms. The summed E-state index contributed by atoms with van der Waals surface area (Å²) in [5.41, 5.74) is 2.65. The van der Waals surface area contributed by atoms with Crippen LogP contribution in [0.5, 0.6) is 5.75 Å². The summed E-state index contributed by atoms with van der Waals surface area (Å²) < 4.78 is 5.38. The van der Waals surface area contributed by atoms with Crippen molar-refractivity contribution in [1.82, 2.24) is 4.90 Å². The minimum Gasteiger partial charge on any atom is -0.495 e. The van der Waals surface area contributed by atoms with Crippen molar-refractivity contribution in [2.45, 2.75) is 6.54 Å². The summed E-state index contributed by atoms with van der Waals surface area (Å²) in [5.74, 6) is -0.160. The van der Waals surface area contributed by atoms with Crippen LogP contribution in [0.2, 0.25) is 5.02 Å². The van der Waals surface area contributed by atoms with Gasteiger partial charge in [0.25, 0.3) is 11.8 Å². The number of benzene rings is 3. The summed E-state index contributed by atoms with van der Waals surface area (Å²) in [7, 11) is 1.56. The Hall–Kier alpha value is -3.57. The van der Waals surface area contributed by atoms with Crippen LogP contribution < -0.4 is 10.1 Å². The number of methoxy groups -OCH3 is 1. The number of ether oxygens (including phenoxy) is 1. The van der Waals surface area contributed by atoms with Crippen molar-refractivity contribution in [2.75, 3.05) is 12.4 Å². The number of nitrogens with zero attached hydrogens (tertiary/aromatic N) is 1. The van der Waals surface area contributed by atoms with Gasteiger partial charge in [0, 0.05) is 5.02 Å². The smallest absolute Gasteiger partial charge is 0.278 e. The van der Waals surface area contributed by atoms with E-state index in [1.165, 1.54) is 4.90 Å². The lowest BCUT2D eigenvalue weighted by Crippen LogP contribution is -2.32. The molecule has 4 rings (SSSR count). The van der Waals surface area contributed by atoms with Gasteiger partial charge < -0.3 is 10.1 Å². The number of hydrogen-bond donors (Lipinski definition) is 1. The molecule has 2 amide bonds. The maximum Gasteiger partial charge on any atom is 0.278 e. The van der Waals surface area contributed by atoms with Crippen LogP contribution in [-0.4, -0.2) is 23.8 Å². The maximum atomic E-state index is 13.3. The summed E-state index contributed by atoms with van der Waals surface area (Å²) in [4.78, 5) is 27.8. The molecule has 5 nitrogen and oxygen atoms in total. The molecule has 150 valence electrons. The Labute approximate surface area is 179 Å². The number of amides is 2. The second-order valence-electron chi connectivity index (χ2n) is 6.76.